The van der Waals surface area contributed by atoms with E-state index in [-0.39, 0.29) is 5.69 Å². The summed E-state index contributed by atoms with van der Waals surface area (Å²) in [7, 11) is 0. The Hall–Kier alpha value is -3.16. The van der Waals surface area contributed by atoms with Crippen molar-refractivity contribution in [2.24, 2.45) is 0 Å². The molecule has 0 saturated carbocycles. The number of rotatable bonds is 3. The van der Waals surface area contributed by atoms with E-state index in [1.807, 2.05) is 28.8 Å². The van der Waals surface area contributed by atoms with E-state index < -0.39 is 5.97 Å². The molecule has 8 nitrogen and oxygen atoms in total. The third-order valence-corrected chi connectivity index (χ3v) is 4.34. The second-order valence-corrected chi connectivity index (χ2v) is 5.92. The van der Waals surface area contributed by atoms with E-state index in [1.54, 1.807) is 12.4 Å². The highest BCUT2D eigenvalue weighted by Crippen LogP contribution is 2.19. The number of anilines is 2. The quantitative estimate of drug-likeness (QED) is 0.775. The Kier molecular flexibility index (Phi) is 3.93. The highest BCUT2D eigenvalue weighted by atomic mass is 16.4. The summed E-state index contributed by atoms with van der Waals surface area (Å²) in [5.41, 5.74) is 0.604. The number of aromatic carboxylic acids is 1. The SMILES string of the molecule is O=C(O)c1cc2nccn2c(N2CCCN(c3ccccn3)CC2)n1. The van der Waals surface area contributed by atoms with Gasteiger partial charge in [0, 0.05) is 50.8 Å². The molecular weight excluding hydrogens is 320 g/mol. The summed E-state index contributed by atoms with van der Waals surface area (Å²) in [5.74, 6) is 0.538. The van der Waals surface area contributed by atoms with Crippen molar-refractivity contribution < 1.29 is 9.90 Å². The van der Waals surface area contributed by atoms with Crippen molar-refractivity contribution in [3.05, 3.63) is 48.5 Å². The summed E-state index contributed by atoms with van der Waals surface area (Å²) < 4.78 is 1.84. The third kappa shape index (κ3) is 2.98. The van der Waals surface area contributed by atoms with Crippen LogP contribution in [0.1, 0.15) is 16.9 Å². The minimum atomic E-state index is -1.04. The smallest absolute Gasteiger partial charge is 0.354 e. The molecule has 1 saturated heterocycles. The predicted octanol–water partition coefficient (Wildman–Crippen LogP) is 1.54. The summed E-state index contributed by atoms with van der Waals surface area (Å²) in [5, 5.41) is 9.32. The van der Waals surface area contributed by atoms with Gasteiger partial charge >= 0.3 is 5.97 Å². The molecule has 1 aliphatic heterocycles. The van der Waals surface area contributed by atoms with Crippen molar-refractivity contribution in [3.63, 3.8) is 0 Å². The largest absolute Gasteiger partial charge is 0.477 e. The van der Waals surface area contributed by atoms with Gasteiger partial charge in [-0.15, -0.1) is 0 Å². The van der Waals surface area contributed by atoms with Gasteiger partial charge in [-0.1, -0.05) is 6.07 Å². The van der Waals surface area contributed by atoms with Gasteiger partial charge in [0.25, 0.3) is 0 Å². The van der Waals surface area contributed by atoms with Crippen LogP contribution in [-0.2, 0) is 0 Å². The number of carboxylic acid groups (broad SMARTS) is 1. The summed E-state index contributed by atoms with van der Waals surface area (Å²) >= 11 is 0. The number of hydrogen-bond donors (Lipinski definition) is 1. The molecule has 0 atom stereocenters. The first kappa shape index (κ1) is 15.4. The maximum absolute atomic E-state index is 11.4. The normalized spacial score (nSPS) is 15.4. The average molecular weight is 338 g/mol. The molecule has 0 bridgehead atoms. The number of nitrogens with zero attached hydrogens (tertiary/aromatic N) is 6. The molecule has 25 heavy (non-hydrogen) atoms. The molecule has 0 aromatic carbocycles. The first-order valence-electron chi connectivity index (χ1n) is 8.21. The molecule has 3 aromatic rings. The van der Waals surface area contributed by atoms with E-state index in [0.29, 0.717) is 11.6 Å². The summed E-state index contributed by atoms with van der Waals surface area (Å²) in [6, 6.07) is 7.39. The van der Waals surface area contributed by atoms with Crippen LogP contribution in [0.15, 0.2) is 42.9 Å². The van der Waals surface area contributed by atoms with Gasteiger partial charge in [0.1, 0.15) is 11.5 Å². The molecule has 1 aliphatic rings. The fourth-order valence-electron chi connectivity index (χ4n) is 3.13. The van der Waals surface area contributed by atoms with Crippen LogP contribution in [0.4, 0.5) is 11.8 Å². The Labute approximate surface area is 144 Å². The Balaban J connectivity index is 1.63. The van der Waals surface area contributed by atoms with Gasteiger partial charge in [0.2, 0.25) is 5.95 Å². The number of hydrogen-bond acceptors (Lipinski definition) is 6. The number of aromatic nitrogens is 4. The maximum Gasteiger partial charge on any atom is 0.354 e. The van der Waals surface area contributed by atoms with Crippen molar-refractivity contribution in [2.75, 3.05) is 36.0 Å². The van der Waals surface area contributed by atoms with Gasteiger partial charge in [-0.3, -0.25) is 4.40 Å². The monoisotopic (exact) mass is 338 g/mol. The van der Waals surface area contributed by atoms with E-state index in [9.17, 15) is 9.90 Å². The lowest BCUT2D eigenvalue weighted by Gasteiger charge is -2.24. The minimum absolute atomic E-state index is 0.0135. The zero-order chi connectivity index (χ0) is 17.2. The Morgan fingerprint density at radius 3 is 2.68 bits per heavy atom. The number of pyridine rings is 1. The van der Waals surface area contributed by atoms with Gasteiger partial charge in [-0.2, -0.15) is 0 Å². The van der Waals surface area contributed by atoms with Gasteiger partial charge in [-0.25, -0.2) is 19.7 Å². The Morgan fingerprint density at radius 2 is 1.88 bits per heavy atom. The molecule has 0 spiro atoms. The molecule has 4 heterocycles. The highest BCUT2D eigenvalue weighted by Gasteiger charge is 2.21. The van der Waals surface area contributed by atoms with Crippen LogP contribution in [-0.4, -0.2) is 56.6 Å². The zero-order valence-electron chi connectivity index (χ0n) is 13.6. The Bertz CT molecular complexity index is 895. The third-order valence-electron chi connectivity index (χ3n) is 4.34. The first-order valence-corrected chi connectivity index (χ1v) is 8.21. The second kappa shape index (κ2) is 6.39. The van der Waals surface area contributed by atoms with Crippen molar-refractivity contribution in [2.45, 2.75) is 6.42 Å². The van der Waals surface area contributed by atoms with Gasteiger partial charge in [0.05, 0.1) is 0 Å². The number of carboxylic acids is 1. The molecule has 0 amide bonds. The lowest BCUT2D eigenvalue weighted by molar-refractivity contribution is 0.0690. The van der Waals surface area contributed by atoms with Crippen LogP contribution < -0.4 is 9.80 Å². The van der Waals surface area contributed by atoms with Gasteiger partial charge in [-0.05, 0) is 18.6 Å². The molecule has 3 aromatic heterocycles. The van der Waals surface area contributed by atoms with Crippen LogP contribution in [0.2, 0.25) is 0 Å². The second-order valence-electron chi connectivity index (χ2n) is 5.92. The van der Waals surface area contributed by atoms with Crippen molar-refractivity contribution in [1.82, 2.24) is 19.4 Å². The number of imidazole rings is 1. The zero-order valence-corrected chi connectivity index (χ0v) is 13.6. The van der Waals surface area contributed by atoms with E-state index in [4.69, 9.17) is 0 Å². The topological polar surface area (TPSA) is 86.9 Å². The first-order chi connectivity index (χ1) is 12.2. The highest BCUT2D eigenvalue weighted by molar-refractivity contribution is 5.87. The molecule has 128 valence electrons. The van der Waals surface area contributed by atoms with E-state index in [2.05, 4.69) is 24.8 Å². The van der Waals surface area contributed by atoms with Crippen LogP contribution in [0.25, 0.3) is 5.65 Å². The van der Waals surface area contributed by atoms with E-state index in [1.165, 1.54) is 6.07 Å². The standard InChI is InChI=1S/C17H18N6O2/c24-16(25)13-12-15-19-6-9-23(15)17(20-13)22-8-3-7-21(10-11-22)14-4-1-2-5-18-14/h1-2,4-6,9,12H,3,7-8,10-11H2,(H,24,25). The van der Waals surface area contributed by atoms with E-state index in [0.717, 1.165) is 38.4 Å². The van der Waals surface area contributed by atoms with Crippen molar-refractivity contribution in [1.29, 1.82) is 0 Å². The molecular formula is C17H18N6O2. The lowest BCUT2D eigenvalue weighted by atomic mass is 10.3. The lowest BCUT2D eigenvalue weighted by Crippen LogP contribution is -2.32. The number of fused-ring (bicyclic) bond motifs is 1. The number of carbonyl (C=O) groups is 1. The van der Waals surface area contributed by atoms with Crippen LogP contribution >= 0.6 is 0 Å². The summed E-state index contributed by atoms with van der Waals surface area (Å²) in [6.07, 6.45) is 6.20. The van der Waals surface area contributed by atoms with Gasteiger partial charge in [0.15, 0.2) is 5.69 Å². The molecule has 0 aliphatic carbocycles. The van der Waals surface area contributed by atoms with Crippen LogP contribution in [0.3, 0.4) is 0 Å². The fourth-order valence-corrected chi connectivity index (χ4v) is 3.13. The molecule has 1 fully saturated rings. The van der Waals surface area contributed by atoms with E-state index >= 15 is 0 Å². The predicted molar refractivity (Wildman–Crippen MR) is 93.2 cm³/mol. The Morgan fingerprint density at radius 1 is 1.04 bits per heavy atom. The van der Waals surface area contributed by atoms with Crippen LogP contribution in [0, 0.1) is 0 Å². The van der Waals surface area contributed by atoms with Crippen LogP contribution in [0.5, 0.6) is 0 Å². The van der Waals surface area contributed by atoms with Crippen molar-refractivity contribution >= 4 is 23.4 Å². The molecule has 0 unspecified atom stereocenters. The fraction of sp³-hybridized carbons (Fsp3) is 0.294. The molecule has 1 N–H and O–H groups in total. The van der Waals surface area contributed by atoms with Crippen molar-refractivity contribution in [3.8, 4) is 0 Å². The molecule has 8 heteroatoms. The maximum atomic E-state index is 11.4. The minimum Gasteiger partial charge on any atom is -0.477 e. The summed E-state index contributed by atoms with van der Waals surface area (Å²) in [6.45, 7) is 3.23. The summed E-state index contributed by atoms with van der Waals surface area (Å²) in [4.78, 5) is 28.7. The molecule has 4 rings (SSSR count). The molecule has 0 radical (unpaired) electrons. The average Bonchev–Trinajstić information content (AvgIpc) is 2.98. The van der Waals surface area contributed by atoms with Gasteiger partial charge < -0.3 is 14.9 Å².